The predicted molar refractivity (Wildman–Crippen MR) is 33.5 cm³/mol. The third-order valence-electron chi connectivity index (χ3n) is 1.08. The minimum Gasteiger partial charge on any atom is -0.344 e. The first-order chi connectivity index (χ1) is 4.18. The number of nitrogens with zero attached hydrogens (tertiary/aromatic N) is 1. The molecule has 0 aromatic heterocycles. The summed E-state index contributed by atoms with van der Waals surface area (Å²) in [4.78, 5) is 16.3. The smallest absolute Gasteiger partial charge is 0.219 e. The summed E-state index contributed by atoms with van der Waals surface area (Å²) in [7, 11) is 1.70. The monoisotopic (exact) mass is 132 g/mol. The van der Waals surface area contributed by atoms with Gasteiger partial charge in [-0.1, -0.05) is 0 Å². The van der Waals surface area contributed by atoms with Crippen molar-refractivity contribution in [3.63, 3.8) is 0 Å². The van der Waals surface area contributed by atoms with E-state index in [0.29, 0.717) is 13.2 Å². The third-order valence-corrected chi connectivity index (χ3v) is 1.08. The SMILES string of the molecule is CC(=O)N(C)CCON. The lowest BCUT2D eigenvalue weighted by atomic mass is 10.5. The molecule has 0 saturated carbocycles. The van der Waals surface area contributed by atoms with Gasteiger partial charge in [-0.2, -0.15) is 0 Å². The summed E-state index contributed by atoms with van der Waals surface area (Å²) in [5, 5.41) is 0. The van der Waals surface area contributed by atoms with Crippen molar-refractivity contribution in [2.75, 3.05) is 20.2 Å². The number of carbonyl (C=O) groups excluding carboxylic acids is 1. The molecule has 0 unspecified atom stereocenters. The molecule has 0 fully saturated rings. The molecule has 0 spiro atoms. The standard InChI is InChI=1S/C5H12N2O2/c1-5(8)7(2)3-4-9-6/h3-4,6H2,1-2H3. The zero-order valence-electron chi connectivity index (χ0n) is 5.76. The fraction of sp³-hybridized carbons (Fsp3) is 0.800. The second-order valence-corrected chi connectivity index (χ2v) is 1.81. The summed E-state index contributed by atoms with van der Waals surface area (Å²) >= 11 is 0. The van der Waals surface area contributed by atoms with Crippen LogP contribution < -0.4 is 5.90 Å². The lowest BCUT2D eigenvalue weighted by molar-refractivity contribution is -0.128. The van der Waals surface area contributed by atoms with E-state index in [1.807, 2.05) is 0 Å². The molecule has 0 rings (SSSR count). The van der Waals surface area contributed by atoms with E-state index in [4.69, 9.17) is 5.90 Å². The average molecular weight is 132 g/mol. The van der Waals surface area contributed by atoms with E-state index in [2.05, 4.69) is 4.84 Å². The Bertz CT molecular complexity index is 95.0. The molecular weight excluding hydrogens is 120 g/mol. The summed E-state index contributed by atoms with van der Waals surface area (Å²) < 4.78 is 0. The summed E-state index contributed by atoms with van der Waals surface area (Å²) in [5.41, 5.74) is 0. The molecule has 0 aliphatic carbocycles. The van der Waals surface area contributed by atoms with Gasteiger partial charge in [0.1, 0.15) is 0 Å². The maximum atomic E-state index is 10.5. The van der Waals surface area contributed by atoms with Gasteiger partial charge in [0, 0.05) is 20.5 Å². The van der Waals surface area contributed by atoms with Gasteiger partial charge in [0.15, 0.2) is 0 Å². The van der Waals surface area contributed by atoms with E-state index in [1.165, 1.54) is 11.8 Å². The molecule has 4 heteroatoms. The van der Waals surface area contributed by atoms with Gasteiger partial charge in [-0.05, 0) is 0 Å². The first-order valence-corrected chi connectivity index (χ1v) is 2.72. The molecule has 0 atom stereocenters. The Morgan fingerprint density at radius 3 is 2.67 bits per heavy atom. The average Bonchev–Trinajstić information content (AvgIpc) is 1.82. The number of likely N-dealkylation sites (N-methyl/N-ethyl adjacent to an activating group) is 1. The fourth-order valence-electron chi connectivity index (χ4n) is 0.347. The summed E-state index contributed by atoms with van der Waals surface area (Å²) in [6.07, 6.45) is 0. The predicted octanol–water partition coefficient (Wildman–Crippen LogP) is -0.645. The second kappa shape index (κ2) is 4.29. The first-order valence-electron chi connectivity index (χ1n) is 2.72. The molecule has 1 amide bonds. The molecule has 0 bridgehead atoms. The number of hydrogen-bond donors (Lipinski definition) is 1. The Balaban J connectivity index is 3.27. The van der Waals surface area contributed by atoms with Crippen LogP contribution in [0, 0.1) is 0 Å². The molecule has 0 radical (unpaired) electrons. The van der Waals surface area contributed by atoms with Crippen LogP contribution in [-0.2, 0) is 9.63 Å². The Morgan fingerprint density at radius 2 is 2.33 bits per heavy atom. The van der Waals surface area contributed by atoms with Crippen LogP contribution in [0.5, 0.6) is 0 Å². The summed E-state index contributed by atoms with van der Waals surface area (Å²) in [5.74, 6) is 4.76. The van der Waals surface area contributed by atoms with Gasteiger partial charge in [-0.25, -0.2) is 5.90 Å². The Morgan fingerprint density at radius 1 is 1.78 bits per heavy atom. The van der Waals surface area contributed by atoms with E-state index in [0.717, 1.165) is 0 Å². The number of hydrogen-bond acceptors (Lipinski definition) is 3. The molecule has 0 heterocycles. The normalized spacial score (nSPS) is 9.22. The van der Waals surface area contributed by atoms with Gasteiger partial charge in [0.2, 0.25) is 5.91 Å². The maximum Gasteiger partial charge on any atom is 0.219 e. The Kier molecular flexibility index (Phi) is 4.00. The molecule has 4 nitrogen and oxygen atoms in total. The molecule has 0 aliphatic rings. The molecular formula is C5H12N2O2. The third kappa shape index (κ3) is 3.93. The highest BCUT2D eigenvalue weighted by Crippen LogP contribution is 1.80. The molecule has 0 aliphatic heterocycles. The quantitative estimate of drug-likeness (QED) is 0.519. The van der Waals surface area contributed by atoms with Crippen molar-refractivity contribution in [2.45, 2.75) is 6.92 Å². The van der Waals surface area contributed by atoms with Crippen molar-refractivity contribution in [3.05, 3.63) is 0 Å². The zero-order valence-corrected chi connectivity index (χ0v) is 5.76. The van der Waals surface area contributed by atoms with Crippen LogP contribution in [0.4, 0.5) is 0 Å². The number of nitrogens with two attached hydrogens (primary N) is 1. The van der Waals surface area contributed by atoms with Gasteiger partial charge in [0.25, 0.3) is 0 Å². The van der Waals surface area contributed by atoms with Gasteiger partial charge in [0.05, 0.1) is 6.61 Å². The zero-order chi connectivity index (χ0) is 7.28. The van der Waals surface area contributed by atoms with E-state index in [-0.39, 0.29) is 5.91 Å². The topological polar surface area (TPSA) is 55.6 Å². The van der Waals surface area contributed by atoms with E-state index in [1.54, 1.807) is 7.05 Å². The minimum atomic E-state index is 0.0204. The Hall–Kier alpha value is -0.610. The molecule has 0 saturated heterocycles. The molecule has 2 N–H and O–H groups in total. The fourth-order valence-corrected chi connectivity index (χ4v) is 0.347. The van der Waals surface area contributed by atoms with E-state index >= 15 is 0 Å². The summed E-state index contributed by atoms with van der Waals surface area (Å²) in [6, 6.07) is 0. The van der Waals surface area contributed by atoms with Gasteiger partial charge in [-0.15, -0.1) is 0 Å². The highest BCUT2D eigenvalue weighted by molar-refractivity contribution is 5.72. The van der Waals surface area contributed by atoms with Crippen molar-refractivity contribution in [2.24, 2.45) is 5.90 Å². The van der Waals surface area contributed by atoms with Crippen molar-refractivity contribution in [1.82, 2.24) is 4.90 Å². The molecule has 9 heavy (non-hydrogen) atoms. The van der Waals surface area contributed by atoms with Crippen molar-refractivity contribution >= 4 is 5.91 Å². The Labute approximate surface area is 54.5 Å². The van der Waals surface area contributed by atoms with Crippen LogP contribution in [0.25, 0.3) is 0 Å². The van der Waals surface area contributed by atoms with Crippen molar-refractivity contribution in [1.29, 1.82) is 0 Å². The van der Waals surface area contributed by atoms with Gasteiger partial charge >= 0.3 is 0 Å². The van der Waals surface area contributed by atoms with Crippen LogP contribution in [-0.4, -0.2) is 31.0 Å². The lowest BCUT2D eigenvalue weighted by Crippen LogP contribution is -2.28. The highest BCUT2D eigenvalue weighted by atomic mass is 16.6. The summed E-state index contributed by atoms with van der Waals surface area (Å²) in [6.45, 7) is 2.43. The van der Waals surface area contributed by atoms with Crippen molar-refractivity contribution < 1.29 is 9.63 Å². The van der Waals surface area contributed by atoms with Crippen molar-refractivity contribution in [3.8, 4) is 0 Å². The second-order valence-electron chi connectivity index (χ2n) is 1.81. The van der Waals surface area contributed by atoms with E-state index < -0.39 is 0 Å². The van der Waals surface area contributed by atoms with Gasteiger partial charge in [-0.3, -0.25) is 4.79 Å². The number of rotatable bonds is 3. The van der Waals surface area contributed by atoms with Crippen LogP contribution in [0.15, 0.2) is 0 Å². The molecule has 0 aromatic rings. The van der Waals surface area contributed by atoms with E-state index in [9.17, 15) is 4.79 Å². The van der Waals surface area contributed by atoms with Crippen LogP contribution in [0.3, 0.4) is 0 Å². The van der Waals surface area contributed by atoms with Crippen LogP contribution in [0.1, 0.15) is 6.92 Å². The first kappa shape index (κ1) is 8.39. The lowest BCUT2D eigenvalue weighted by Gasteiger charge is -2.12. The minimum absolute atomic E-state index is 0.0204. The molecule has 0 aromatic carbocycles. The number of carbonyl (C=O) groups is 1. The van der Waals surface area contributed by atoms with Gasteiger partial charge < -0.3 is 9.74 Å². The molecule has 54 valence electrons. The van der Waals surface area contributed by atoms with Crippen LogP contribution in [0.2, 0.25) is 0 Å². The largest absolute Gasteiger partial charge is 0.344 e. The maximum absolute atomic E-state index is 10.5. The van der Waals surface area contributed by atoms with Crippen LogP contribution >= 0.6 is 0 Å². The number of amides is 1. The highest BCUT2D eigenvalue weighted by Gasteiger charge is 1.98.